The molecule has 2 amide bonds. The van der Waals surface area contributed by atoms with Crippen LogP contribution in [-0.4, -0.2) is 43.5 Å². The molecule has 0 aliphatic carbocycles. The predicted molar refractivity (Wildman–Crippen MR) is 128 cm³/mol. The van der Waals surface area contributed by atoms with Crippen molar-refractivity contribution >= 4 is 23.3 Å². The number of hydrogen-bond donors (Lipinski definition) is 2. The zero-order chi connectivity index (χ0) is 23.8. The van der Waals surface area contributed by atoms with Crippen molar-refractivity contribution in [3.8, 4) is 5.75 Å². The van der Waals surface area contributed by atoms with Crippen LogP contribution in [0.5, 0.6) is 5.75 Å². The van der Waals surface area contributed by atoms with E-state index in [9.17, 15) is 14.4 Å². The highest BCUT2D eigenvalue weighted by Gasteiger charge is 2.18. The van der Waals surface area contributed by atoms with Gasteiger partial charge in [0.1, 0.15) is 5.75 Å². The number of carbonyl (C=O) groups excluding carboxylic acids is 3. The third kappa shape index (κ3) is 6.08. The summed E-state index contributed by atoms with van der Waals surface area (Å²) in [6.45, 7) is 0.921. The standard InChI is InChI=1S/C27H26N2O5/c30-25(18-34-21-14-12-20(13-15-21)26(31)19-7-2-1-3-8-19)29-24-11-5-4-10-23(24)27(32)28-17-22-9-6-16-33-22/h1-5,7-8,10-15,22H,6,9,16-18H2,(H,28,32)(H,29,30)/t22-/m0/s1. The normalized spacial score (nSPS) is 14.9. The highest BCUT2D eigenvalue weighted by atomic mass is 16.5. The lowest BCUT2D eigenvalue weighted by molar-refractivity contribution is -0.118. The van der Waals surface area contributed by atoms with E-state index in [1.807, 2.05) is 18.2 Å². The van der Waals surface area contributed by atoms with E-state index in [0.29, 0.717) is 34.7 Å². The molecule has 2 N–H and O–H groups in total. The van der Waals surface area contributed by atoms with Crippen LogP contribution in [0.1, 0.15) is 39.1 Å². The van der Waals surface area contributed by atoms with Gasteiger partial charge in [0, 0.05) is 24.3 Å². The SMILES string of the molecule is O=C(COc1ccc(C(=O)c2ccccc2)cc1)Nc1ccccc1C(=O)NC[C@@H]1CCCO1. The lowest BCUT2D eigenvalue weighted by Crippen LogP contribution is -2.32. The Kier molecular flexibility index (Phi) is 7.67. The van der Waals surface area contributed by atoms with Gasteiger partial charge in [0.25, 0.3) is 11.8 Å². The van der Waals surface area contributed by atoms with Gasteiger partial charge in [-0.1, -0.05) is 42.5 Å². The summed E-state index contributed by atoms with van der Waals surface area (Å²) in [6, 6.07) is 22.4. The van der Waals surface area contributed by atoms with Crippen LogP contribution in [0.3, 0.4) is 0 Å². The molecule has 0 radical (unpaired) electrons. The molecule has 174 valence electrons. The monoisotopic (exact) mass is 458 g/mol. The number of para-hydroxylation sites is 1. The number of rotatable bonds is 9. The van der Waals surface area contributed by atoms with Crippen molar-refractivity contribution < 1.29 is 23.9 Å². The first kappa shape index (κ1) is 23.2. The Morgan fingerprint density at radius 2 is 1.59 bits per heavy atom. The summed E-state index contributed by atoms with van der Waals surface area (Å²) >= 11 is 0. The van der Waals surface area contributed by atoms with Crippen LogP contribution < -0.4 is 15.4 Å². The fourth-order valence-corrected chi connectivity index (χ4v) is 3.69. The van der Waals surface area contributed by atoms with E-state index in [0.717, 1.165) is 19.4 Å². The zero-order valence-corrected chi connectivity index (χ0v) is 18.7. The Labute approximate surface area is 198 Å². The molecule has 34 heavy (non-hydrogen) atoms. The minimum Gasteiger partial charge on any atom is -0.484 e. The van der Waals surface area contributed by atoms with E-state index < -0.39 is 5.91 Å². The second-order valence-corrected chi connectivity index (χ2v) is 7.95. The lowest BCUT2D eigenvalue weighted by atomic mass is 10.0. The van der Waals surface area contributed by atoms with Gasteiger partial charge in [-0.3, -0.25) is 14.4 Å². The van der Waals surface area contributed by atoms with E-state index in [1.54, 1.807) is 60.7 Å². The number of amides is 2. The number of nitrogens with one attached hydrogen (secondary N) is 2. The van der Waals surface area contributed by atoms with Gasteiger partial charge >= 0.3 is 0 Å². The molecule has 4 rings (SSSR count). The molecular weight excluding hydrogens is 432 g/mol. The van der Waals surface area contributed by atoms with Gasteiger partial charge in [0.05, 0.1) is 17.4 Å². The van der Waals surface area contributed by atoms with Crippen molar-refractivity contribution in [3.63, 3.8) is 0 Å². The van der Waals surface area contributed by atoms with Gasteiger partial charge in [-0.25, -0.2) is 0 Å². The average Bonchev–Trinajstić information content (AvgIpc) is 3.41. The van der Waals surface area contributed by atoms with Crippen molar-refractivity contribution in [2.24, 2.45) is 0 Å². The molecule has 7 heteroatoms. The quantitative estimate of drug-likeness (QED) is 0.475. The number of hydrogen-bond acceptors (Lipinski definition) is 5. The molecule has 0 saturated carbocycles. The summed E-state index contributed by atoms with van der Waals surface area (Å²) in [6.07, 6.45) is 1.96. The van der Waals surface area contributed by atoms with Gasteiger partial charge < -0.3 is 20.1 Å². The molecule has 1 saturated heterocycles. The summed E-state index contributed by atoms with van der Waals surface area (Å²) in [5.74, 6) is -0.295. The molecule has 1 aliphatic heterocycles. The van der Waals surface area contributed by atoms with Crippen LogP contribution in [-0.2, 0) is 9.53 Å². The summed E-state index contributed by atoms with van der Waals surface area (Å²) in [4.78, 5) is 37.5. The summed E-state index contributed by atoms with van der Waals surface area (Å²) < 4.78 is 11.1. The molecule has 0 unspecified atom stereocenters. The van der Waals surface area contributed by atoms with Crippen LogP contribution in [0.15, 0.2) is 78.9 Å². The number of anilines is 1. The third-order valence-electron chi connectivity index (χ3n) is 5.48. The second-order valence-electron chi connectivity index (χ2n) is 7.95. The first-order valence-electron chi connectivity index (χ1n) is 11.2. The highest BCUT2D eigenvalue weighted by molar-refractivity contribution is 6.09. The van der Waals surface area contributed by atoms with Crippen molar-refractivity contribution in [3.05, 3.63) is 95.6 Å². The van der Waals surface area contributed by atoms with Gasteiger partial charge in [0.2, 0.25) is 0 Å². The van der Waals surface area contributed by atoms with Crippen LogP contribution >= 0.6 is 0 Å². The molecule has 1 fully saturated rings. The Bertz CT molecular complexity index is 1140. The molecular formula is C27H26N2O5. The summed E-state index contributed by atoms with van der Waals surface area (Å²) in [5.41, 5.74) is 1.92. The molecule has 1 atom stereocenters. The topological polar surface area (TPSA) is 93.7 Å². The molecule has 3 aromatic carbocycles. The van der Waals surface area contributed by atoms with Crippen LogP contribution in [0, 0.1) is 0 Å². The van der Waals surface area contributed by atoms with Crippen LogP contribution in [0.2, 0.25) is 0 Å². The second kappa shape index (κ2) is 11.2. The molecule has 0 bridgehead atoms. The highest BCUT2D eigenvalue weighted by Crippen LogP contribution is 2.18. The fourth-order valence-electron chi connectivity index (χ4n) is 3.69. The summed E-state index contributed by atoms with van der Waals surface area (Å²) in [5, 5.41) is 5.60. The molecule has 1 heterocycles. The van der Waals surface area contributed by atoms with E-state index >= 15 is 0 Å². The van der Waals surface area contributed by atoms with Gasteiger partial charge in [-0.05, 0) is 49.2 Å². The molecule has 3 aromatic rings. The first-order chi connectivity index (χ1) is 16.6. The van der Waals surface area contributed by atoms with Crippen LogP contribution in [0.4, 0.5) is 5.69 Å². The Hall–Kier alpha value is -3.97. The Morgan fingerprint density at radius 3 is 2.32 bits per heavy atom. The maximum Gasteiger partial charge on any atom is 0.262 e. The third-order valence-corrected chi connectivity index (χ3v) is 5.48. The maximum atomic E-state index is 12.6. The van der Waals surface area contributed by atoms with E-state index in [-0.39, 0.29) is 24.4 Å². The maximum absolute atomic E-state index is 12.6. The molecule has 0 aromatic heterocycles. The minimum absolute atomic E-state index is 0.0356. The van der Waals surface area contributed by atoms with Gasteiger partial charge in [-0.2, -0.15) is 0 Å². The summed E-state index contributed by atoms with van der Waals surface area (Å²) in [7, 11) is 0. The molecule has 7 nitrogen and oxygen atoms in total. The molecule has 0 spiro atoms. The minimum atomic E-state index is -0.399. The number of ether oxygens (including phenoxy) is 2. The van der Waals surface area contributed by atoms with Crippen LogP contribution in [0.25, 0.3) is 0 Å². The van der Waals surface area contributed by atoms with Gasteiger partial charge in [-0.15, -0.1) is 0 Å². The van der Waals surface area contributed by atoms with Crippen molar-refractivity contribution in [2.75, 3.05) is 25.1 Å². The van der Waals surface area contributed by atoms with Gasteiger partial charge in [0.15, 0.2) is 12.4 Å². The van der Waals surface area contributed by atoms with Crippen molar-refractivity contribution in [2.45, 2.75) is 18.9 Å². The fraction of sp³-hybridized carbons (Fsp3) is 0.222. The first-order valence-corrected chi connectivity index (χ1v) is 11.2. The van der Waals surface area contributed by atoms with E-state index in [2.05, 4.69) is 10.6 Å². The number of benzene rings is 3. The average molecular weight is 459 g/mol. The van der Waals surface area contributed by atoms with E-state index in [1.165, 1.54) is 0 Å². The van der Waals surface area contributed by atoms with E-state index in [4.69, 9.17) is 9.47 Å². The predicted octanol–water partition coefficient (Wildman–Crippen LogP) is 3.84. The lowest BCUT2D eigenvalue weighted by Gasteiger charge is -2.14. The Balaban J connectivity index is 1.30. The number of ketones is 1. The zero-order valence-electron chi connectivity index (χ0n) is 18.7. The smallest absolute Gasteiger partial charge is 0.262 e. The molecule has 1 aliphatic rings. The van der Waals surface area contributed by atoms with Crippen molar-refractivity contribution in [1.29, 1.82) is 0 Å². The largest absolute Gasteiger partial charge is 0.484 e. The number of carbonyl (C=O) groups is 3. The van der Waals surface area contributed by atoms with Crippen molar-refractivity contribution in [1.82, 2.24) is 5.32 Å². The Morgan fingerprint density at radius 1 is 0.882 bits per heavy atom.